The molecule has 1 aromatic heterocycles. The zero-order valence-corrected chi connectivity index (χ0v) is 7.91. The summed E-state index contributed by atoms with van der Waals surface area (Å²) in [5, 5.41) is 3.10. The quantitative estimate of drug-likeness (QED) is 0.767. The van der Waals surface area contributed by atoms with E-state index in [1.54, 1.807) is 5.38 Å². The summed E-state index contributed by atoms with van der Waals surface area (Å²) in [7, 11) is -3.61. The van der Waals surface area contributed by atoms with Gasteiger partial charge in [-0.05, 0) is 11.4 Å². The molecule has 0 spiro atoms. The van der Waals surface area contributed by atoms with Crippen molar-refractivity contribution in [2.24, 2.45) is 0 Å². The maximum atomic E-state index is 11.2. The first kappa shape index (κ1) is 9.21. The van der Waals surface area contributed by atoms with E-state index in [4.69, 9.17) is 0 Å². The van der Waals surface area contributed by atoms with Crippen LogP contribution >= 0.6 is 11.3 Å². The van der Waals surface area contributed by atoms with Gasteiger partial charge in [0.1, 0.15) is 0 Å². The lowest BCUT2D eigenvalue weighted by atomic mass is 10.7. The van der Waals surface area contributed by atoms with Crippen LogP contribution in [0.3, 0.4) is 0 Å². The molecular weight excluding hydrogens is 198 g/mol. The highest BCUT2D eigenvalue weighted by Gasteiger charge is 2.14. The summed E-state index contributed by atoms with van der Waals surface area (Å²) in [5.74, 6) is -0.582. The molecule has 0 radical (unpaired) electrons. The topological polar surface area (TPSA) is 63.2 Å². The van der Waals surface area contributed by atoms with Crippen LogP contribution in [0, 0.1) is 0 Å². The van der Waals surface area contributed by atoms with E-state index >= 15 is 0 Å². The number of rotatable bonds is 2. The number of thiophene rings is 1. The largest absolute Gasteiger partial charge is 0.274 e. The Morgan fingerprint density at radius 2 is 2.25 bits per heavy atom. The second-order valence-electron chi connectivity index (χ2n) is 2.12. The maximum absolute atomic E-state index is 11.2. The molecule has 1 heterocycles. The van der Waals surface area contributed by atoms with Crippen LogP contribution in [0.1, 0.15) is 6.92 Å². The molecule has 4 nitrogen and oxygen atoms in total. The minimum absolute atomic E-state index is 0.128. The van der Waals surface area contributed by atoms with Crippen molar-refractivity contribution in [2.75, 3.05) is 0 Å². The van der Waals surface area contributed by atoms with E-state index in [9.17, 15) is 13.2 Å². The molecule has 1 rings (SSSR count). The molecule has 0 saturated carbocycles. The molecule has 0 fully saturated rings. The van der Waals surface area contributed by atoms with Crippen molar-refractivity contribution in [1.29, 1.82) is 0 Å². The van der Waals surface area contributed by atoms with E-state index in [1.165, 1.54) is 22.8 Å². The van der Waals surface area contributed by atoms with Crippen molar-refractivity contribution in [3.8, 4) is 0 Å². The zero-order valence-electron chi connectivity index (χ0n) is 6.27. The van der Waals surface area contributed by atoms with Crippen LogP contribution in [-0.2, 0) is 14.8 Å². The van der Waals surface area contributed by atoms with Gasteiger partial charge >= 0.3 is 0 Å². The van der Waals surface area contributed by atoms with E-state index in [1.807, 2.05) is 4.72 Å². The minimum Gasteiger partial charge on any atom is -0.274 e. The first-order valence-electron chi connectivity index (χ1n) is 3.08. The van der Waals surface area contributed by atoms with E-state index in [0.717, 1.165) is 6.92 Å². The van der Waals surface area contributed by atoms with Gasteiger partial charge in [-0.2, -0.15) is 11.3 Å². The molecule has 0 aromatic carbocycles. The Hall–Kier alpha value is -0.880. The molecule has 0 aliphatic heterocycles. The number of sulfonamides is 1. The number of amides is 1. The molecule has 1 aromatic rings. The Morgan fingerprint density at radius 1 is 1.58 bits per heavy atom. The number of carbonyl (C=O) groups excluding carboxylic acids is 1. The Morgan fingerprint density at radius 3 is 2.67 bits per heavy atom. The number of hydrogen-bond acceptors (Lipinski definition) is 4. The molecule has 1 amide bonds. The van der Waals surface area contributed by atoms with Crippen molar-refractivity contribution in [3.05, 3.63) is 16.8 Å². The highest BCUT2D eigenvalue weighted by Crippen LogP contribution is 2.11. The SMILES string of the molecule is CC(=O)NS(=O)(=O)c1ccsc1. The average Bonchev–Trinajstić information content (AvgIpc) is 2.32. The van der Waals surface area contributed by atoms with Gasteiger partial charge in [-0.1, -0.05) is 0 Å². The van der Waals surface area contributed by atoms with Gasteiger partial charge in [0, 0.05) is 12.3 Å². The van der Waals surface area contributed by atoms with Crippen LogP contribution < -0.4 is 4.72 Å². The van der Waals surface area contributed by atoms with E-state index < -0.39 is 15.9 Å². The van der Waals surface area contributed by atoms with Crippen molar-refractivity contribution >= 4 is 27.3 Å². The lowest BCUT2D eigenvalue weighted by molar-refractivity contribution is -0.117. The Bertz CT molecular complexity index is 366. The normalized spacial score (nSPS) is 11.1. The fraction of sp³-hybridized carbons (Fsp3) is 0.167. The fourth-order valence-electron chi connectivity index (χ4n) is 0.653. The average molecular weight is 205 g/mol. The molecule has 1 N–H and O–H groups in total. The fourth-order valence-corrected chi connectivity index (χ4v) is 2.67. The highest BCUT2D eigenvalue weighted by molar-refractivity contribution is 7.90. The molecular formula is C6H7NO3S2. The van der Waals surface area contributed by atoms with Gasteiger partial charge in [0.2, 0.25) is 5.91 Å². The lowest BCUT2D eigenvalue weighted by Crippen LogP contribution is -2.27. The molecule has 0 atom stereocenters. The monoisotopic (exact) mass is 205 g/mol. The van der Waals surface area contributed by atoms with Crippen molar-refractivity contribution in [2.45, 2.75) is 11.8 Å². The van der Waals surface area contributed by atoms with Gasteiger partial charge in [-0.15, -0.1) is 0 Å². The number of carbonyl (C=O) groups is 1. The van der Waals surface area contributed by atoms with Crippen molar-refractivity contribution in [1.82, 2.24) is 4.72 Å². The van der Waals surface area contributed by atoms with E-state index in [-0.39, 0.29) is 4.90 Å². The van der Waals surface area contributed by atoms with Crippen molar-refractivity contribution in [3.63, 3.8) is 0 Å². The van der Waals surface area contributed by atoms with E-state index in [2.05, 4.69) is 0 Å². The summed E-state index contributed by atoms with van der Waals surface area (Å²) in [5.41, 5.74) is 0. The predicted molar refractivity (Wildman–Crippen MR) is 45.3 cm³/mol. The van der Waals surface area contributed by atoms with Crippen LogP contribution in [0.4, 0.5) is 0 Å². The Labute approximate surface area is 74.3 Å². The molecule has 66 valence electrons. The maximum Gasteiger partial charge on any atom is 0.264 e. The minimum atomic E-state index is -3.61. The van der Waals surface area contributed by atoms with E-state index in [0.29, 0.717) is 0 Å². The smallest absolute Gasteiger partial charge is 0.264 e. The van der Waals surface area contributed by atoms with Gasteiger partial charge < -0.3 is 0 Å². The standard InChI is InChI=1S/C6H7NO3S2/c1-5(8)7-12(9,10)6-2-3-11-4-6/h2-4H,1H3,(H,7,8). The van der Waals surface area contributed by atoms with Crippen LogP contribution in [0.15, 0.2) is 21.7 Å². The summed E-state index contributed by atoms with van der Waals surface area (Å²) in [4.78, 5) is 10.6. The van der Waals surface area contributed by atoms with Crippen LogP contribution in [0.5, 0.6) is 0 Å². The van der Waals surface area contributed by atoms with Crippen LogP contribution in [-0.4, -0.2) is 14.3 Å². The van der Waals surface area contributed by atoms with Crippen molar-refractivity contribution < 1.29 is 13.2 Å². The van der Waals surface area contributed by atoms with Gasteiger partial charge in [0.15, 0.2) is 0 Å². The van der Waals surface area contributed by atoms with Crippen LogP contribution in [0.25, 0.3) is 0 Å². The second-order valence-corrected chi connectivity index (χ2v) is 4.58. The van der Waals surface area contributed by atoms with Gasteiger partial charge in [-0.3, -0.25) is 4.79 Å². The highest BCUT2D eigenvalue weighted by atomic mass is 32.2. The third-order valence-electron chi connectivity index (χ3n) is 1.08. The Balaban J connectivity index is 2.96. The number of nitrogens with one attached hydrogen (secondary N) is 1. The van der Waals surface area contributed by atoms with Crippen LogP contribution in [0.2, 0.25) is 0 Å². The summed E-state index contributed by atoms with van der Waals surface area (Å²) in [6, 6.07) is 1.44. The first-order chi connectivity index (χ1) is 5.52. The molecule has 0 bridgehead atoms. The van der Waals surface area contributed by atoms with Gasteiger partial charge in [0.05, 0.1) is 4.90 Å². The number of hydrogen-bond donors (Lipinski definition) is 1. The Kier molecular flexibility index (Phi) is 2.49. The summed E-state index contributed by atoms with van der Waals surface area (Å²) >= 11 is 1.26. The first-order valence-corrected chi connectivity index (χ1v) is 5.50. The third kappa shape index (κ3) is 2.05. The third-order valence-corrected chi connectivity index (χ3v) is 3.35. The van der Waals surface area contributed by atoms with Gasteiger partial charge in [-0.25, -0.2) is 13.1 Å². The molecule has 0 aliphatic carbocycles. The van der Waals surface area contributed by atoms with Gasteiger partial charge in [0.25, 0.3) is 10.0 Å². The predicted octanol–water partition coefficient (Wildman–Crippen LogP) is 0.573. The molecule has 0 aliphatic rings. The summed E-state index contributed by atoms with van der Waals surface area (Å²) in [6.45, 7) is 1.16. The summed E-state index contributed by atoms with van der Waals surface area (Å²) in [6.07, 6.45) is 0. The molecule has 12 heavy (non-hydrogen) atoms. The molecule has 0 unspecified atom stereocenters. The molecule has 0 saturated heterocycles. The summed E-state index contributed by atoms with van der Waals surface area (Å²) < 4.78 is 24.2. The lowest BCUT2D eigenvalue weighted by Gasteiger charge is -1.99. The second kappa shape index (κ2) is 3.24. The molecule has 6 heteroatoms. The zero-order chi connectivity index (χ0) is 9.19.